The SMILES string of the molecule is O=c1ccc(-c2cccc(NS(=O)(=O)c3ccccc3)c2)n[nH]1. The Bertz CT molecular complexity index is 962. The third-order valence-corrected chi connectivity index (χ3v) is 4.54. The standard InChI is InChI=1S/C16H13N3O3S/c20-16-10-9-15(17-18-16)12-5-4-6-13(11-12)19-23(21,22)14-7-2-1-3-8-14/h1-11,19H,(H,18,20). The molecule has 2 aromatic carbocycles. The first-order valence-electron chi connectivity index (χ1n) is 6.79. The first kappa shape index (κ1) is 15.0. The fourth-order valence-corrected chi connectivity index (χ4v) is 3.13. The highest BCUT2D eigenvalue weighted by Gasteiger charge is 2.13. The minimum absolute atomic E-state index is 0.188. The van der Waals surface area contributed by atoms with Gasteiger partial charge in [-0.15, -0.1) is 0 Å². The molecule has 0 fully saturated rings. The van der Waals surface area contributed by atoms with Gasteiger partial charge in [0.25, 0.3) is 15.6 Å². The lowest BCUT2D eigenvalue weighted by atomic mass is 10.1. The lowest BCUT2D eigenvalue weighted by Crippen LogP contribution is -2.12. The maximum Gasteiger partial charge on any atom is 0.264 e. The van der Waals surface area contributed by atoms with Crippen LogP contribution < -0.4 is 10.3 Å². The topological polar surface area (TPSA) is 91.9 Å². The molecule has 0 spiro atoms. The number of nitrogens with zero attached hydrogens (tertiary/aromatic N) is 1. The number of benzene rings is 2. The third-order valence-electron chi connectivity index (χ3n) is 3.14. The Hall–Kier alpha value is -2.93. The quantitative estimate of drug-likeness (QED) is 0.768. The van der Waals surface area contributed by atoms with Gasteiger partial charge in [-0.25, -0.2) is 13.5 Å². The van der Waals surface area contributed by atoms with Crippen molar-refractivity contribution in [3.8, 4) is 11.3 Å². The molecule has 3 rings (SSSR count). The molecule has 3 aromatic rings. The molecule has 23 heavy (non-hydrogen) atoms. The Labute approximate surface area is 132 Å². The van der Waals surface area contributed by atoms with Crippen molar-refractivity contribution in [3.05, 3.63) is 77.1 Å². The van der Waals surface area contributed by atoms with E-state index < -0.39 is 10.0 Å². The molecule has 0 saturated carbocycles. The molecule has 0 aliphatic rings. The number of H-pyrrole nitrogens is 1. The van der Waals surface area contributed by atoms with Crippen molar-refractivity contribution in [1.82, 2.24) is 10.2 Å². The van der Waals surface area contributed by atoms with Crippen LogP contribution in [-0.4, -0.2) is 18.6 Å². The highest BCUT2D eigenvalue weighted by Crippen LogP contribution is 2.22. The van der Waals surface area contributed by atoms with Gasteiger partial charge < -0.3 is 0 Å². The maximum atomic E-state index is 12.3. The van der Waals surface area contributed by atoms with Gasteiger partial charge in [-0.2, -0.15) is 5.10 Å². The average molecular weight is 327 g/mol. The summed E-state index contributed by atoms with van der Waals surface area (Å²) in [6, 6.07) is 17.9. The van der Waals surface area contributed by atoms with E-state index in [4.69, 9.17) is 0 Å². The average Bonchev–Trinajstić information content (AvgIpc) is 2.56. The van der Waals surface area contributed by atoms with Gasteiger partial charge in [0.05, 0.1) is 10.6 Å². The van der Waals surface area contributed by atoms with Crippen LogP contribution >= 0.6 is 0 Å². The van der Waals surface area contributed by atoms with Gasteiger partial charge in [-0.1, -0.05) is 30.3 Å². The Balaban J connectivity index is 1.91. The second kappa shape index (κ2) is 6.05. The zero-order chi connectivity index (χ0) is 16.3. The van der Waals surface area contributed by atoms with Gasteiger partial charge in [-0.3, -0.25) is 9.52 Å². The predicted octanol–water partition coefficient (Wildman–Crippen LogP) is 2.24. The lowest BCUT2D eigenvalue weighted by Gasteiger charge is -2.09. The first-order valence-corrected chi connectivity index (χ1v) is 8.27. The minimum atomic E-state index is -3.65. The van der Waals surface area contributed by atoms with Crippen LogP contribution in [0, 0.1) is 0 Å². The van der Waals surface area contributed by atoms with Gasteiger partial charge in [0.2, 0.25) is 0 Å². The van der Waals surface area contributed by atoms with Gasteiger partial charge in [0.1, 0.15) is 0 Å². The number of hydrogen-bond donors (Lipinski definition) is 2. The van der Waals surface area contributed by atoms with Crippen molar-refractivity contribution in [3.63, 3.8) is 0 Å². The summed E-state index contributed by atoms with van der Waals surface area (Å²) in [5, 5.41) is 6.28. The number of rotatable bonds is 4. The molecule has 7 heteroatoms. The highest BCUT2D eigenvalue weighted by atomic mass is 32.2. The van der Waals surface area contributed by atoms with Gasteiger partial charge in [0.15, 0.2) is 0 Å². The molecule has 6 nitrogen and oxygen atoms in total. The summed E-state index contributed by atoms with van der Waals surface area (Å²) in [7, 11) is -3.65. The minimum Gasteiger partial charge on any atom is -0.280 e. The number of hydrogen-bond acceptors (Lipinski definition) is 4. The number of nitrogens with one attached hydrogen (secondary N) is 2. The first-order chi connectivity index (χ1) is 11.0. The van der Waals surface area contributed by atoms with E-state index in [1.54, 1.807) is 48.5 Å². The normalized spacial score (nSPS) is 11.1. The summed E-state index contributed by atoms with van der Waals surface area (Å²) >= 11 is 0. The molecule has 0 aliphatic heterocycles. The molecule has 0 saturated heterocycles. The van der Waals surface area contributed by atoms with Gasteiger partial charge in [-0.05, 0) is 30.3 Å². The molecule has 0 amide bonds. The van der Waals surface area contributed by atoms with Crippen molar-refractivity contribution in [2.75, 3.05) is 4.72 Å². The van der Waals surface area contributed by atoms with E-state index in [2.05, 4.69) is 14.9 Å². The monoisotopic (exact) mass is 327 g/mol. The Kier molecular flexibility index (Phi) is 3.94. The molecule has 0 radical (unpaired) electrons. The van der Waals surface area contributed by atoms with Crippen LogP contribution in [0.2, 0.25) is 0 Å². The maximum absolute atomic E-state index is 12.3. The van der Waals surface area contributed by atoms with Crippen molar-refractivity contribution in [2.24, 2.45) is 0 Å². The summed E-state index contributed by atoms with van der Waals surface area (Å²) < 4.78 is 27.2. The molecule has 2 N–H and O–H groups in total. The largest absolute Gasteiger partial charge is 0.280 e. The molecule has 0 bridgehead atoms. The number of anilines is 1. The van der Waals surface area contributed by atoms with Gasteiger partial charge >= 0.3 is 0 Å². The van der Waals surface area contributed by atoms with E-state index >= 15 is 0 Å². The van der Waals surface area contributed by atoms with Crippen LogP contribution in [0.1, 0.15) is 0 Å². The molecular formula is C16H13N3O3S. The van der Waals surface area contributed by atoms with E-state index in [0.29, 0.717) is 16.9 Å². The molecule has 0 aliphatic carbocycles. The fourth-order valence-electron chi connectivity index (χ4n) is 2.06. The number of aromatic amines is 1. The Morgan fingerprint density at radius 1 is 0.913 bits per heavy atom. The fraction of sp³-hybridized carbons (Fsp3) is 0. The smallest absolute Gasteiger partial charge is 0.264 e. The second-order valence-electron chi connectivity index (χ2n) is 4.81. The van der Waals surface area contributed by atoms with E-state index in [1.165, 1.54) is 18.2 Å². The summed E-state index contributed by atoms with van der Waals surface area (Å²) in [5.74, 6) is 0. The van der Waals surface area contributed by atoms with Crippen LogP contribution in [0.4, 0.5) is 5.69 Å². The molecule has 1 aromatic heterocycles. The molecule has 0 unspecified atom stereocenters. The van der Waals surface area contributed by atoms with Crippen LogP contribution in [0.3, 0.4) is 0 Å². The van der Waals surface area contributed by atoms with Crippen molar-refractivity contribution < 1.29 is 8.42 Å². The summed E-state index contributed by atoms with van der Waals surface area (Å²) in [5.41, 5.74) is 1.36. The predicted molar refractivity (Wildman–Crippen MR) is 87.5 cm³/mol. The van der Waals surface area contributed by atoms with E-state index in [-0.39, 0.29) is 10.5 Å². The van der Waals surface area contributed by atoms with Gasteiger partial charge in [0, 0.05) is 17.3 Å². The zero-order valence-electron chi connectivity index (χ0n) is 11.9. The Morgan fingerprint density at radius 3 is 2.39 bits per heavy atom. The summed E-state index contributed by atoms with van der Waals surface area (Å²) in [4.78, 5) is 11.2. The van der Waals surface area contributed by atoms with Crippen LogP contribution in [0.25, 0.3) is 11.3 Å². The van der Waals surface area contributed by atoms with E-state index in [9.17, 15) is 13.2 Å². The van der Waals surface area contributed by atoms with E-state index in [1.807, 2.05) is 0 Å². The molecule has 116 valence electrons. The summed E-state index contributed by atoms with van der Waals surface area (Å²) in [6.07, 6.45) is 0. The highest BCUT2D eigenvalue weighted by molar-refractivity contribution is 7.92. The molecule has 0 atom stereocenters. The molecule has 1 heterocycles. The zero-order valence-corrected chi connectivity index (χ0v) is 12.7. The van der Waals surface area contributed by atoms with Crippen LogP contribution in [0.5, 0.6) is 0 Å². The lowest BCUT2D eigenvalue weighted by molar-refractivity contribution is 0.601. The Morgan fingerprint density at radius 2 is 1.70 bits per heavy atom. The molecular weight excluding hydrogens is 314 g/mol. The van der Waals surface area contributed by atoms with E-state index in [0.717, 1.165) is 0 Å². The number of aromatic nitrogens is 2. The second-order valence-corrected chi connectivity index (χ2v) is 6.49. The van der Waals surface area contributed by atoms with Crippen LogP contribution in [0.15, 0.2) is 76.4 Å². The van der Waals surface area contributed by atoms with Crippen LogP contribution in [-0.2, 0) is 10.0 Å². The number of sulfonamides is 1. The van der Waals surface area contributed by atoms with Crippen molar-refractivity contribution in [2.45, 2.75) is 4.90 Å². The van der Waals surface area contributed by atoms with Crippen molar-refractivity contribution >= 4 is 15.7 Å². The third kappa shape index (κ3) is 3.46. The van der Waals surface area contributed by atoms with Crippen molar-refractivity contribution in [1.29, 1.82) is 0 Å². The summed E-state index contributed by atoms with van der Waals surface area (Å²) in [6.45, 7) is 0.